The van der Waals surface area contributed by atoms with E-state index in [0.717, 1.165) is 31.6 Å². The fourth-order valence-electron chi connectivity index (χ4n) is 3.45. The highest BCUT2D eigenvalue weighted by Crippen LogP contribution is 2.31. The SMILES string of the molecule is O=C(NC1CCC1)c1ccc(N2CCN[C@H]3CC[C@H]32)cn1. The second-order valence-electron chi connectivity index (χ2n) is 6.40. The van der Waals surface area contributed by atoms with Gasteiger partial charge in [-0.25, -0.2) is 4.98 Å². The lowest BCUT2D eigenvalue weighted by molar-refractivity contribution is 0.0912. The van der Waals surface area contributed by atoms with Crippen molar-refractivity contribution in [2.75, 3.05) is 18.0 Å². The molecule has 5 heteroatoms. The zero-order valence-corrected chi connectivity index (χ0v) is 12.2. The number of carbonyl (C=O) groups excluding carboxylic acids is 1. The third-order valence-corrected chi connectivity index (χ3v) is 5.15. The van der Waals surface area contributed by atoms with Gasteiger partial charge in [0.25, 0.3) is 5.91 Å². The standard InChI is InChI=1S/C16H22N4O/c21-16(19-11-2-1-3-11)14-5-4-12(10-18-14)20-9-8-17-13-6-7-15(13)20/h4-5,10-11,13,15,17H,1-3,6-9H2,(H,19,21)/t13-,15+/m0/s1. The number of fused-ring (bicyclic) bond motifs is 1. The van der Waals surface area contributed by atoms with Crippen LogP contribution in [0.25, 0.3) is 0 Å². The number of aromatic nitrogens is 1. The summed E-state index contributed by atoms with van der Waals surface area (Å²) in [6.45, 7) is 2.06. The lowest BCUT2D eigenvalue weighted by Crippen LogP contribution is -2.63. The zero-order valence-electron chi connectivity index (χ0n) is 12.2. The Hall–Kier alpha value is -1.62. The molecule has 0 aromatic carbocycles. The second-order valence-corrected chi connectivity index (χ2v) is 6.40. The molecule has 0 radical (unpaired) electrons. The minimum Gasteiger partial charge on any atom is -0.364 e. The minimum absolute atomic E-state index is 0.0342. The number of hydrogen-bond acceptors (Lipinski definition) is 4. The second kappa shape index (κ2) is 5.30. The number of rotatable bonds is 3. The van der Waals surface area contributed by atoms with E-state index < -0.39 is 0 Å². The molecular weight excluding hydrogens is 264 g/mol. The van der Waals surface area contributed by atoms with E-state index >= 15 is 0 Å². The van der Waals surface area contributed by atoms with Crippen molar-refractivity contribution in [1.82, 2.24) is 15.6 Å². The van der Waals surface area contributed by atoms with E-state index in [2.05, 4.69) is 20.5 Å². The Balaban J connectivity index is 1.44. The summed E-state index contributed by atoms with van der Waals surface area (Å²) in [5, 5.41) is 6.59. The van der Waals surface area contributed by atoms with Gasteiger partial charge in [-0.2, -0.15) is 0 Å². The topological polar surface area (TPSA) is 57.3 Å². The van der Waals surface area contributed by atoms with Crippen molar-refractivity contribution in [3.05, 3.63) is 24.0 Å². The van der Waals surface area contributed by atoms with Crippen LogP contribution in [-0.4, -0.2) is 42.1 Å². The summed E-state index contributed by atoms with van der Waals surface area (Å²) >= 11 is 0. The predicted octanol–water partition coefficient (Wildman–Crippen LogP) is 1.30. The van der Waals surface area contributed by atoms with Gasteiger partial charge < -0.3 is 15.5 Å². The number of nitrogens with one attached hydrogen (secondary N) is 2. The number of hydrogen-bond donors (Lipinski definition) is 2. The lowest BCUT2D eigenvalue weighted by Gasteiger charge is -2.49. The van der Waals surface area contributed by atoms with Gasteiger partial charge in [0.1, 0.15) is 5.69 Å². The van der Waals surface area contributed by atoms with E-state index in [0.29, 0.717) is 23.8 Å². The van der Waals surface area contributed by atoms with Crippen LogP contribution in [0.4, 0.5) is 5.69 Å². The summed E-state index contributed by atoms with van der Waals surface area (Å²) in [6.07, 6.45) is 7.82. The summed E-state index contributed by atoms with van der Waals surface area (Å²) in [7, 11) is 0. The van der Waals surface area contributed by atoms with Crippen molar-refractivity contribution in [2.24, 2.45) is 0 Å². The number of pyridine rings is 1. The van der Waals surface area contributed by atoms with Crippen LogP contribution in [-0.2, 0) is 0 Å². The number of nitrogens with zero attached hydrogens (tertiary/aromatic N) is 2. The van der Waals surface area contributed by atoms with Crippen molar-refractivity contribution in [1.29, 1.82) is 0 Å². The molecule has 2 atom stereocenters. The van der Waals surface area contributed by atoms with Gasteiger partial charge in [0.2, 0.25) is 0 Å². The van der Waals surface area contributed by atoms with Crippen LogP contribution in [0.15, 0.2) is 18.3 Å². The summed E-state index contributed by atoms with van der Waals surface area (Å²) < 4.78 is 0. The highest BCUT2D eigenvalue weighted by molar-refractivity contribution is 5.92. The highest BCUT2D eigenvalue weighted by Gasteiger charge is 2.38. The first-order valence-electron chi connectivity index (χ1n) is 8.08. The molecule has 3 aliphatic rings. The molecule has 21 heavy (non-hydrogen) atoms. The Labute approximate surface area is 125 Å². The molecule has 2 saturated carbocycles. The number of piperazine rings is 1. The molecule has 1 amide bonds. The summed E-state index contributed by atoms with van der Waals surface area (Å²) in [6, 6.07) is 5.51. The van der Waals surface area contributed by atoms with Crippen LogP contribution in [0.5, 0.6) is 0 Å². The average Bonchev–Trinajstić information content (AvgIpc) is 2.44. The Morgan fingerprint density at radius 3 is 2.81 bits per heavy atom. The molecule has 1 saturated heterocycles. The van der Waals surface area contributed by atoms with Crippen LogP contribution in [0, 0.1) is 0 Å². The van der Waals surface area contributed by atoms with Gasteiger partial charge in [0.15, 0.2) is 0 Å². The molecule has 0 spiro atoms. The van der Waals surface area contributed by atoms with Gasteiger partial charge in [-0.3, -0.25) is 4.79 Å². The summed E-state index contributed by atoms with van der Waals surface area (Å²) in [5.74, 6) is -0.0342. The number of amides is 1. The molecule has 0 bridgehead atoms. The van der Waals surface area contributed by atoms with E-state index in [9.17, 15) is 4.79 Å². The molecule has 1 aromatic rings. The molecule has 2 heterocycles. The van der Waals surface area contributed by atoms with Crippen molar-refractivity contribution in [3.8, 4) is 0 Å². The van der Waals surface area contributed by atoms with Gasteiger partial charge in [-0.05, 0) is 44.2 Å². The molecule has 3 fully saturated rings. The molecule has 112 valence electrons. The monoisotopic (exact) mass is 286 g/mol. The van der Waals surface area contributed by atoms with Crippen LogP contribution in [0.2, 0.25) is 0 Å². The third kappa shape index (κ3) is 2.39. The molecule has 5 nitrogen and oxygen atoms in total. The highest BCUT2D eigenvalue weighted by atomic mass is 16.1. The first-order valence-corrected chi connectivity index (χ1v) is 8.08. The van der Waals surface area contributed by atoms with Gasteiger partial charge >= 0.3 is 0 Å². The quantitative estimate of drug-likeness (QED) is 0.879. The smallest absolute Gasteiger partial charge is 0.270 e. The third-order valence-electron chi connectivity index (χ3n) is 5.15. The van der Waals surface area contributed by atoms with Crippen molar-refractivity contribution in [2.45, 2.75) is 50.2 Å². The van der Waals surface area contributed by atoms with E-state index in [1.54, 1.807) is 0 Å². The molecule has 1 aromatic heterocycles. The Kier molecular flexibility index (Phi) is 3.30. The molecule has 2 N–H and O–H groups in total. The molecule has 4 rings (SSSR count). The van der Waals surface area contributed by atoms with Crippen LogP contribution < -0.4 is 15.5 Å². The predicted molar refractivity (Wildman–Crippen MR) is 81.5 cm³/mol. The summed E-state index contributed by atoms with van der Waals surface area (Å²) in [5.41, 5.74) is 1.68. The Morgan fingerprint density at radius 1 is 1.29 bits per heavy atom. The fraction of sp³-hybridized carbons (Fsp3) is 0.625. The van der Waals surface area contributed by atoms with Gasteiger partial charge in [-0.1, -0.05) is 0 Å². The normalized spacial score (nSPS) is 28.3. The molecule has 2 aliphatic carbocycles. The maximum Gasteiger partial charge on any atom is 0.270 e. The average molecular weight is 286 g/mol. The maximum atomic E-state index is 12.1. The van der Waals surface area contributed by atoms with Crippen LogP contribution >= 0.6 is 0 Å². The first kappa shape index (κ1) is 13.1. The minimum atomic E-state index is -0.0342. The molecular formula is C16H22N4O. The maximum absolute atomic E-state index is 12.1. The lowest BCUT2D eigenvalue weighted by atomic mass is 9.83. The van der Waals surface area contributed by atoms with E-state index in [1.165, 1.54) is 19.3 Å². The van der Waals surface area contributed by atoms with Gasteiger partial charge in [0, 0.05) is 31.2 Å². The molecule has 1 aliphatic heterocycles. The van der Waals surface area contributed by atoms with E-state index in [1.807, 2.05) is 18.3 Å². The summed E-state index contributed by atoms with van der Waals surface area (Å²) in [4.78, 5) is 18.9. The molecule has 0 unspecified atom stereocenters. The van der Waals surface area contributed by atoms with Crippen LogP contribution in [0.1, 0.15) is 42.6 Å². The van der Waals surface area contributed by atoms with Crippen LogP contribution in [0.3, 0.4) is 0 Å². The van der Waals surface area contributed by atoms with Gasteiger partial charge in [0.05, 0.1) is 11.9 Å². The first-order chi connectivity index (χ1) is 10.3. The largest absolute Gasteiger partial charge is 0.364 e. The van der Waals surface area contributed by atoms with E-state index in [4.69, 9.17) is 0 Å². The van der Waals surface area contributed by atoms with Crippen molar-refractivity contribution < 1.29 is 4.79 Å². The van der Waals surface area contributed by atoms with Gasteiger partial charge in [-0.15, -0.1) is 0 Å². The van der Waals surface area contributed by atoms with Crippen molar-refractivity contribution >= 4 is 11.6 Å². The zero-order chi connectivity index (χ0) is 14.2. The number of anilines is 1. The number of carbonyl (C=O) groups is 1. The fourth-order valence-corrected chi connectivity index (χ4v) is 3.45. The van der Waals surface area contributed by atoms with Crippen molar-refractivity contribution in [3.63, 3.8) is 0 Å². The van der Waals surface area contributed by atoms with E-state index in [-0.39, 0.29) is 5.91 Å². The Morgan fingerprint density at radius 2 is 2.19 bits per heavy atom. The Bertz CT molecular complexity index is 526.